The molecule has 0 saturated carbocycles. The lowest BCUT2D eigenvalue weighted by atomic mass is 10.5. The fraction of sp³-hybridized carbons (Fsp3) is 0.833. The Bertz CT molecular complexity index is 88.5. The molecule has 0 N–H and O–H groups in total. The van der Waals surface area contributed by atoms with Gasteiger partial charge in [-0.2, -0.15) is 0 Å². The molecule has 1 radical (unpaired) electrons. The van der Waals surface area contributed by atoms with Gasteiger partial charge in [0.05, 0.1) is 4.08 Å². The van der Waals surface area contributed by atoms with Gasteiger partial charge in [-0.3, -0.25) is 0 Å². The zero-order chi connectivity index (χ0) is 6.20. The van der Waals surface area contributed by atoms with Crippen molar-refractivity contribution in [1.29, 1.82) is 0 Å². The van der Waals surface area contributed by atoms with Crippen LogP contribution < -0.4 is 0 Å². The minimum atomic E-state index is 0.437. The zero-order valence-corrected chi connectivity index (χ0v) is 6.94. The first-order chi connectivity index (χ1) is 3.60. The highest BCUT2D eigenvalue weighted by atomic mass is 32.2. The number of rotatable bonds is 0. The SMILES string of the molecule is [CH2]C1CSC(C)(C)S1. The first kappa shape index (κ1) is 6.81. The van der Waals surface area contributed by atoms with Gasteiger partial charge in [0.15, 0.2) is 0 Å². The van der Waals surface area contributed by atoms with E-state index in [9.17, 15) is 0 Å². The lowest BCUT2D eigenvalue weighted by molar-refractivity contribution is 1.04. The second kappa shape index (κ2) is 2.14. The predicted molar refractivity (Wildman–Crippen MR) is 43.3 cm³/mol. The van der Waals surface area contributed by atoms with Gasteiger partial charge in [-0.05, 0) is 20.8 Å². The van der Waals surface area contributed by atoms with Gasteiger partial charge in [0.25, 0.3) is 0 Å². The lowest BCUT2D eigenvalue weighted by Crippen LogP contribution is -2.02. The zero-order valence-electron chi connectivity index (χ0n) is 5.31. The van der Waals surface area contributed by atoms with Crippen molar-refractivity contribution in [1.82, 2.24) is 0 Å². The van der Waals surface area contributed by atoms with E-state index in [1.165, 1.54) is 5.75 Å². The van der Waals surface area contributed by atoms with E-state index in [1.54, 1.807) is 0 Å². The Hall–Kier alpha value is 0.700. The van der Waals surface area contributed by atoms with E-state index in [4.69, 9.17) is 0 Å². The van der Waals surface area contributed by atoms with Crippen LogP contribution >= 0.6 is 23.5 Å². The van der Waals surface area contributed by atoms with Crippen LogP contribution in [0.2, 0.25) is 0 Å². The molecule has 2 heteroatoms. The van der Waals surface area contributed by atoms with Crippen molar-refractivity contribution in [2.75, 3.05) is 5.75 Å². The van der Waals surface area contributed by atoms with Crippen LogP contribution in [0.3, 0.4) is 0 Å². The molecular formula is C6H11S2. The molecule has 47 valence electrons. The summed E-state index contributed by atoms with van der Waals surface area (Å²) in [7, 11) is 0. The van der Waals surface area contributed by atoms with Crippen molar-refractivity contribution in [3.05, 3.63) is 6.92 Å². The van der Waals surface area contributed by atoms with E-state index in [-0.39, 0.29) is 0 Å². The third-order valence-electron chi connectivity index (χ3n) is 1.07. The largest absolute Gasteiger partial charge is 0.144 e. The van der Waals surface area contributed by atoms with Gasteiger partial charge in [0.2, 0.25) is 0 Å². The van der Waals surface area contributed by atoms with Crippen molar-refractivity contribution < 1.29 is 0 Å². The smallest absolute Gasteiger partial charge is 0.0558 e. The highest BCUT2D eigenvalue weighted by Gasteiger charge is 2.29. The Morgan fingerprint density at radius 2 is 2.25 bits per heavy atom. The van der Waals surface area contributed by atoms with E-state index in [0.717, 1.165) is 0 Å². The van der Waals surface area contributed by atoms with E-state index in [2.05, 4.69) is 20.8 Å². The van der Waals surface area contributed by atoms with Gasteiger partial charge in [-0.25, -0.2) is 0 Å². The van der Waals surface area contributed by atoms with Crippen molar-refractivity contribution in [3.8, 4) is 0 Å². The summed E-state index contributed by atoms with van der Waals surface area (Å²) in [6.07, 6.45) is 0. The molecule has 0 aliphatic carbocycles. The average Bonchev–Trinajstić information content (AvgIpc) is 1.82. The summed E-state index contributed by atoms with van der Waals surface area (Å²) in [6.45, 7) is 8.49. The third-order valence-corrected chi connectivity index (χ3v) is 4.25. The monoisotopic (exact) mass is 147 g/mol. The van der Waals surface area contributed by atoms with Crippen LogP contribution in [0, 0.1) is 6.92 Å². The maximum atomic E-state index is 3.98. The maximum absolute atomic E-state index is 3.98. The molecule has 0 spiro atoms. The molecule has 1 fully saturated rings. The Balaban J connectivity index is 2.44. The third kappa shape index (κ3) is 1.59. The van der Waals surface area contributed by atoms with Crippen molar-refractivity contribution in [3.63, 3.8) is 0 Å². The van der Waals surface area contributed by atoms with Crippen LogP contribution in [-0.4, -0.2) is 15.1 Å². The Morgan fingerprint density at radius 1 is 1.62 bits per heavy atom. The lowest BCUT2D eigenvalue weighted by Gasteiger charge is -2.13. The van der Waals surface area contributed by atoms with Crippen LogP contribution in [0.4, 0.5) is 0 Å². The summed E-state index contributed by atoms with van der Waals surface area (Å²) in [4.78, 5) is 0. The van der Waals surface area contributed by atoms with Gasteiger partial charge in [0, 0.05) is 11.0 Å². The predicted octanol–water partition coefficient (Wildman–Crippen LogP) is 2.41. The van der Waals surface area contributed by atoms with Crippen molar-refractivity contribution >= 4 is 23.5 Å². The molecule has 1 aliphatic rings. The van der Waals surface area contributed by atoms with Crippen LogP contribution in [-0.2, 0) is 0 Å². The first-order valence-electron chi connectivity index (χ1n) is 2.75. The van der Waals surface area contributed by atoms with Gasteiger partial charge in [-0.15, -0.1) is 23.5 Å². The van der Waals surface area contributed by atoms with Crippen molar-refractivity contribution in [2.45, 2.75) is 23.2 Å². The molecule has 8 heavy (non-hydrogen) atoms. The number of hydrogen-bond donors (Lipinski definition) is 0. The second-order valence-corrected chi connectivity index (χ2v) is 6.27. The van der Waals surface area contributed by atoms with E-state index in [0.29, 0.717) is 9.33 Å². The molecule has 0 aromatic carbocycles. The van der Waals surface area contributed by atoms with E-state index >= 15 is 0 Å². The van der Waals surface area contributed by atoms with E-state index in [1.807, 2.05) is 23.5 Å². The van der Waals surface area contributed by atoms with Crippen LogP contribution in [0.15, 0.2) is 0 Å². The molecule has 0 bridgehead atoms. The Labute approximate surface area is 59.8 Å². The van der Waals surface area contributed by atoms with E-state index < -0.39 is 0 Å². The molecule has 1 unspecified atom stereocenters. The highest BCUT2D eigenvalue weighted by molar-refractivity contribution is 8.21. The average molecular weight is 147 g/mol. The Morgan fingerprint density at radius 3 is 2.38 bits per heavy atom. The minimum Gasteiger partial charge on any atom is -0.144 e. The molecule has 1 atom stereocenters. The van der Waals surface area contributed by atoms with Gasteiger partial charge >= 0.3 is 0 Å². The summed E-state index contributed by atoms with van der Waals surface area (Å²) in [6, 6.07) is 0. The number of thioether (sulfide) groups is 2. The number of hydrogen-bond acceptors (Lipinski definition) is 2. The standard InChI is InChI=1S/C6H11S2/c1-5-4-7-6(2,3)8-5/h5H,1,4H2,2-3H3. The Kier molecular flexibility index (Phi) is 1.83. The molecule has 0 aromatic rings. The quantitative estimate of drug-likeness (QED) is 0.516. The summed E-state index contributed by atoms with van der Waals surface area (Å²) < 4.78 is 0.437. The maximum Gasteiger partial charge on any atom is 0.0558 e. The van der Waals surface area contributed by atoms with Crippen LogP contribution in [0.1, 0.15) is 13.8 Å². The molecular weight excluding hydrogens is 136 g/mol. The molecule has 1 saturated heterocycles. The van der Waals surface area contributed by atoms with Gasteiger partial charge in [0.1, 0.15) is 0 Å². The summed E-state index contributed by atoms with van der Waals surface area (Å²) in [5, 5.41) is 0.620. The molecule has 1 rings (SSSR count). The fourth-order valence-electron chi connectivity index (χ4n) is 0.763. The summed E-state index contributed by atoms with van der Waals surface area (Å²) in [5.74, 6) is 1.22. The fourth-order valence-corrected chi connectivity index (χ4v) is 3.51. The molecule has 0 amide bonds. The van der Waals surface area contributed by atoms with Crippen LogP contribution in [0.25, 0.3) is 0 Å². The molecule has 0 nitrogen and oxygen atoms in total. The molecule has 1 heterocycles. The molecule has 1 aliphatic heterocycles. The topological polar surface area (TPSA) is 0 Å². The minimum absolute atomic E-state index is 0.437. The normalized spacial score (nSPS) is 35.6. The highest BCUT2D eigenvalue weighted by Crippen LogP contribution is 2.46. The summed E-state index contributed by atoms with van der Waals surface area (Å²) >= 11 is 3.98. The summed E-state index contributed by atoms with van der Waals surface area (Å²) in [5.41, 5.74) is 0. The van der Waals surface area contributed by atoms with Gasteiger partial charge in [-0.1, -0.05) is 0 Å². The molecule has 0 aromatic heterocycles. The van der Waals surface area contributed by atoms with Crippen LogP contribution in [0.5, 0.6) is 0 Å². The van der Waals surface area contributed by atoms with Gasteiger partial charge < -0.3 is 0 Å². The van der Waals surface area contributed by atoms with Crippen molar-refractivity contribution in [2.24, 2.45) is 0 Å². The second-order valence-electron chi connectivity index (χ2n) is 2.45. The first-order valence-corrected chi connectivity index (χ1v) is 4.61.